The van der Waals surface area contributed by atoms with Crippen molar-refractivity contribution in [1.82, 2.24) is 4.98 Å². The molecule has 0 radical (unpaired) electrons. The number of carbonyl (C=O) groups excluding carboxylic acids is 1. The van der Waals surface area contributed by atoms with Gasteiger partial charge in [0.25, 0.3) is 11.6 Å². The molecule has 0 spiro atoms. The first-order valence-electron chi connectivity index (χ1n) is 5.69. The van der Waals surface area contributed by atoms with Crippen LogP contribution in [-0.4, -0.2) is 15.8 Å². The fraction of sp³-hybridized carbons (Fsp3) is 0. The normalized spacial score (nSPS) is 10.0. The Labute approximate surface area is 127 Å². The molecule has 108 valence electrons. The van der Waals surface area contributed by atoms with E-state index in [1.54, 1.807) is 6.07 Å². The number of halogens is 1. The third kappa shape index (κ3) is 3.33. The highest BCUT2D eigenvalue weighted by Gasteiger charge is 2.21. The van der Waals surface area contributed by atoms with Gasteiger partial charge in [-0.2, -0.15) is 0 Å². The number of pyridine rings is 1. The van der Waals surface area contributed by atoms with Gasteiger partial charge >= 0.3 is 0 Å². The van der Waals surface area contributed by atoms with Gasteiger partial charge in [0.05, 0.1) is 15.1 Å². The van der Waals surface area contributed by atoms with Gasteiger partial charge < -0.3 is 10.7 Å². The summed E-state index contributed by atoms with van der Waals surface area (Å²) in [5, 5.41) is 13.6. The average molecular weight is 352 g/mol. The van der Waals surface area contributed by atoms with Crippen molar-refractivity contribution in [3.05, 3.63) is 56.8 Å². The van der Waals surface area contributed by atoms with Gasteiger partial charge in [-0.15, -0.1) is 0 Å². The summed E-state index contributed by atoms with van der Waals surface area (Å²) in [5.41, 5.74) is 2.78. The first-order valence-corrected chi connectivity index (χ1v) is 6.48. The lowest BCUT2D eigenvalue weighted by Crippen LogP contribution is -2.15. The SMILES string of the molecule is NNc1ccc([N+](=O)[O-])c(C(=O)Nc2ccncc2Br)c1. The van der Waals surface area contributed by atoms with E-state index in [1.165, 1.54) is 30.6 Å². The highest BCUT2D eigenvalue weighted by atomic mass is 79.9. The summed E-state index contributed by atoms with van der Waals surface area (Å²) in [6.07, 6.45) is 2.99. The number of nitro groups is 1. The van der Waals surface area contributed by atoms with Gasteiger partial charge in [0, 0.05) is 24.1 Å². The standard InChI is InChI=1S/C12H10BrN5O3/c13-9-6-15-4-3-10(9)16-12(19)8-5-7(17-14)1-2-11(8)18(20)21/h1-6,17H,14H2,(H,15,16,19). The molecule has 9 heteroatoms. The van der Waals surface area contributed by atoms with Crippen molar-refractivity contribution in [2.45, 2.75) is 0 Å². The molecule has 1 heterocycles. The van der Waals surface area contributed by atoms with Gasteiger partial charge in [-0.25, -0.2) is 0 Å². The van der Waals surface area contributed by atoms with E-state index in [0.717, 1.165) is 0 Å². The van der Waals surface area contributed by atoms with Crippen molar-refractivity contribution in [1.29, 1.82) is 0 Å². The molecule has 0 aliphatic carbocycles. The van der Waals surface area contributed by atoms with Crippen LogP contribution in [0.15, 0.2) is 41.1 Å². The summed E-state index contributed by atoms with van der Waals surface area (Å²) in [6.45, 7) is 0. The molecular formula is C12H10BrN5O3. The van der Waals surface area contributed by atoms with E-state index in [2.05, 4.69) is 31.7 Å². The van der Waals surface area contributed by atoms with Gasteiger partial charge in [-0.3, -0.25) is 25.7 Å². The molecule has 21 heavy (non-hydrogen) atoms. The molecule has 1 aromatic heterocycles. The zero-order chi connectivity index (χ0) is 15.4. The van der Waals surface area contributed by atoms with Crippen LogP contribution in [0.3, 0.4) is 0 Å². The third-order valence-corrected chi connectivity index (χ3v) is 3.26. The van der Waals surface area contributed by atoms with Crippen LogP contribution >= 0.6 is 15.9 Å². The Morgan fingerprint density at radius 2 is 2.14 bits per heavy atom. The van der Waals surface area contributed by atoms with Crippen LogP contribution < -0.4 is 16.6 Å². The summed E-state index contributed by atoms with van der Waals surface area (Å²) in [7, 11) is 0. The summed E-state index contributed by atoms with van der Waals surface area (Å²) in [4.78, 5) is 26.5. The molecule has 0 saturated heterocycles. The molecule has 0 atom stereocenters. The van der Waals surface area contributed by atoms with Crippen LogP contribution in [0.1, 0.15) is 10.4 Å². The molecule has 0 aliphatic heterocycles. The highest BCUT2D eigenvalue weighted by Crippen LogP contribution is 2.25. The average Bonchev–Trinajstić information content (AvgIpc) is 2.48. The topological polar surface area (TPSA) is 123 Å². The lowest BCUT2D eigenvalue weighted by Gasteiger charge is -2.08. The molecule has 0 saturated carbocycles. The predicted molar refractivity (Wildman–Crippen MR) is 80.8 cm³/mol. The number of nitrogens with two attached hydrogens (primary N) is 1. The summed E-state index contributed by atoms with van der Waals surface area (Å²) in [6, 6.07) is 5.50. The molecule has 2 rings (SSSR count). The third-order valence-electron chi connectivity index (χ3n) is 2.63. The second-order valence-electron chi connectivity index (χ2n) is 3.94. The quantitative estimate of drug-likeness (QED) is 0.441. The first-order chi connectivity index (χ1) is 10.0. The number of benzene rings is 1. The maximum atomic E-state index is 12.2. The van der Waals surface area contributed by atoms with Crippen molar-refractivity contribution in [3.63, 3.8) is 0 Å². The fourth-order valence-corrected chi connectivity index (χ4v) is 1.98. The Balaban J connectivity index is 2.38. The van der Waals surface area contributed by atoms with E-state index in [9.17, 15) is 14.9 Å². The van der Waals surface area contributed by atoms with Crippen molar-refractivity contribution in [2.75, 3.05) is 10.7 Å². The number of hydrazine groups is 1. The van der Waals surface area contributed by atoms with Crippen LogP contribution in [0, 0.1) is 10.1 Å². The van der Waals surface area contributed by atoms with Crippen LogP contribution in [0.4, 0.5) is 17.1 Å². The second-order valence-corrected chi connectivity index (χ2v) is 4.80. The number of hydrogen-bond donors (Lipinski definition) is 3. The zero-order valence-electron chi connectivity index (χ0n) is 10.5. The number of aromatic nitrogens is 1. The van der Waals surface area contributed by atoms with Gasteiger partial charge in [0.1, 0.15) is 5.56 Å². The van der Waals surface area contributed by atoms with Crippen LogP contribution in [0.25, 0.3) is 0 Å². The van der Waals surface area contributed by atoms with Crippen molar-refractivity contribution < 1.29 is 9.72 Å². The Morgan fingerprint density at radius 3 is 2.76 bits per heavy atom. The Kier molecular flexibility index (Phi) is 4.45. The van der Waals surface area contributed by atoms with E-state index >= 15 is 0 Å². The molecule has 0 fully saturated rings. The molecule has 4 N–H and O–H groups in total. The molecular weight excluding hydrogens is 342 g/mol. The van der Waals surface area contributed by atoms with Crippen molar-refractivity contribution >= 4 is 38.9 Å². The van der Waals surface area contributed by atoms with Crippen LogP contribution in [0.2, 0.25) is 0 Å². The van der Waals surface area contributed by atoms with E-state index in [0.29, 0.717) is 15.8 Å². The molecule has 1 amide bonds. The molecule has 0 unspecified atom stereocenters. The zero-order valence-corrected chi connectivity index (χ0v) is 12.1. The molecule has 0 bridgehead atoms. The van der Waals surface area contributed by atoms with Gasteiger partial charge in [-0.1, -0.05) is 0 Å². The van der Waals surface area contributed by atoms with E-state index < -0.39 is 10.8 Å². The minimum absolute atomic E-state index is 0.0980. The lowest BCUT2D eigenvalue weighted by atomic mass is 10.1. The first kappa shape index (κ1) is 14.9. The van der Waals surface area contributed by atoms with Crippen LogP contribution in [0.5, 0.6) is 0 Å². The number of hydrogen-bond acceptors (Lipinski definition) is 6. The molecule has 1 aromatic carbocycles. The highest BCUT2D eigenvalue weighted by molar-refractivity contribution is 9.10. The monoisotopic (exact) mass is 351 g/mol. The van der Waals surface area contributed by atoms with Gasteiger partial charge in [-0.05, 0) is 34.1 Å². The van der Waals surface area contributed by atoms with Gasteiger partial charge in [0.15, 0.2) is 0 Å². The number of nitrogen functional groups attached to an aromatic ring is 1. The Morgan fingerprint density at radius 1 is 1.38 bits per heavy atom. The van der Waals surface area contributed by atoms with Crippen molar-refractivity contribution in [3.8, 4) is 0 Å². The van der Waals surface area contributed by atoms with E-state index in [4.69, 9.17) is 5.84 Å². The second kappa shape index (κ2) is 6.29. The number of nitro benzene ring substituents is 1. The molecule has 0 aliphatic rings. The lowest BCUT2D eigenvalue weighted by molar-refractivity contribution is -0.385. The maximum Gasteiger partial charge on any atom is 0.282 e. The predicted octanol–water partition coefficient (Wildman–Crippen LogP) is 2.29. The minimum Gasteiger partial charge on any atom is -0.324 e. The van der Waals surface area contributed by atoms with E-state index in [1.807, 2.05) is 0 Å². The van der Waals surface area contributed by atoms with Gasteiger partial charge in [0.2, 0.25) is 0 Å². The van der Waals surface area contributed by atoms with E-state index in [-0.39, 0.29) is 11.3 Å². The Bertz CT molecular complexity index is 707. The number of carbonyl (C=O) groups is 1. The smallest absolute Gasteiger partial charge is 0.282 e. The van der Waals surface area contributed by atoms with Crippen LogP contribution in [-0.2, 0) is 0 Å². The number of nitrogens with zero attached hydrogens (tertiary/aromatic N) is 2. The summed E-state index contributed by atoms with van der Waals surface area (Å²) in [5.74, 6) is 4.63. The number of anilines is 2. The number of nitrogens with one attached hydrogen (secondary N) is 2. The minimum atomic E-state index is -0.628. The fourth-order valence-electron chi connectivity index (χ4n) is 1.63. The number of rotatable bonds is 4. The summed E-state index contributed by atoms with van der Waals surface area (Å²) < 4.78 is 0.564. The largest absolute Gasteiger partial charge is 0.324 e. The molecule has 8 nitrogen and oxygen atoms in total. The molecule has 2 aromatic rings. The Hall–Kier alpha value is -2.52. The van der Waals surface area contributed by atoms with Crippen molar-refractivity contribution in [2.24, 2.45) is 5.84 Å². The number of amides is 1. The summed E-state index contributed by atoms with van der Waals surface area (Å²) >= 11 is 3.23. The maximum absolute atomic E-state index is 12.2.